The molecule has 0 aliphatic rings. The Hall–Kier alpha value is -2.36. The van der Waals surface area contributed by atoms with Gasteiger partial charge in [-0.15, -0.1) is 21.5 Å². The monoisotopic (exact) mass is 446 g/mol. The number of nitrogens with two attached hydrogens (primary N) is 1. The normalized spacial score (nSPS) is 12.0. The van der Waals surface area contributed by atoms with Gasteiger partial charge in [0, 0.05) is 26.9 Å². The van der Waals surface area contributed by atoms with Crippen LogP contribution in [0.25, 0.3) is 21.3 Å². The first-order valence-electron chi connectivity index (χ1n) is 8.85. The quantitative estimate of drug-likeness (QED) is 0.359. The Morgan fingerprint density at radius 3 is 2.69 bits per heavy atom. The number of H-pyrrole nitrogens is 1. The van der Waals surface area contributed by atoms with E-state index in [0.717, 1.165) is 11.1 Å². The molecule has 150 valence electrons. The number of nitrogens with one attached hydrogen (secondary N) is 1. The molecule has 3 aromatic heterocycles. The lowest BCUT2D eigenvalue weighted by Gasteiger charge is -2.16. The molecule has 4 rings (SSSR count). The van der Waals surface area contributed by atoms with Gasteiger partial charge in [-0.3, -0.25) is 4.79 Å². The molecule has 0 saturated heterocycles. The molecule has 0 bridgehead atoms. The van der Waals surface area contributed by atoms with Crippen LogP contribution in [0.5, 0.6) is 0 Å². The maximum absolute atomic E-state index is 12.8. The van der Waals surface area contributed by atoms with Crippen molar-refractivity contribution >= 4 is 44.9 Å². The summed E-state index contributed by atoms with van der Waals surface area (Å²) in [6.07, 6.45) is 0. The Bertz CT molecular complexity index is 1250. The van der Waals surface area contributed by atoms with Crippen LogP contribution in [0.1, 0.15) is 32.4 Å². The summed E-state index contributed by atoms with van der Waals surface area (Å²) >= 11 is 9.10. The largest absolute Gasteiger partial charge is 0.336 e. The Morgan fingerprint density at radius 1 is 1.24 bits per heavy atom. The molecular formula is C19H19ClN6OS2. The maximum atomic E-state index is 12.8. The van der Waals surface area contributed by atoms with Crippen LogP contribution in [-0.4, -0.2) is 24.8 Å². The highest BCUT2D eigenvalue weighted by Gasteiger charge is 2.23. The van der Waals surface area contributed by atoms with Gasteiger partial charge in [0.1, 0.15) is 10.7 Å². The molecule has 0 radical (unpaired) electrons. The van der Waals surface area contributed by atoms with Gasteiger partial charge in [-0.2, -0.15) is 0 Å². The highest BCUT2D eigenvalue weighted by Crippen LogP contribution is 2.35. The van der Waals surface area contributed by atoms with E-state index in [2.05, 4.69) is 20.2 Å². The molecule has 4 aromatic rings. The zero-order valence-corrected chi connectivity index (χ0v) is 18.5. The van der Waals surface area contributed by atoms with Crippen LogP contribution in [-0.2, 0) is 11.2 Å². The van der Waals surface area contributed by atoms with Crippen LogP contribution in [0, 0.1) is 0 Å². The average molecular weight is 447 g/mol. The zero-order chi connectivity index (χ0) is 20.8. The van der Waals surface area contributed by atoms with Gasteiger partial charge < -0.3 is 10.8 Å². The van der Waals surface area contributed by atoms with E-state index in [0.29, 0.717) is 37.8 Å². The molecule has 0 fully saturated rings. The van der Waals surface area contributed by atoms with Gasteiger partial charge in [-0.05, 0) is 6.07 Å². The number of benzene rings is 1. The molecule has 0 aliphatic carbocycles. The molecule has 0 saturated carbocycles. The van der Waals surface area contributed by atoms with Gasteiger partial charge in [0.2, 0.25) is 5.16 Å². The van der Waals surface area contributed by atoms with Crippen molar-refractivity contribution in [3.05, 3.63) is 56.7 Å². The first-order chi connectivity index (χ1) is 13.8. The molecule has 0 amide bonds. The Labute approximate surface area is 180 Å². The van der Waals surface area contributed by atoms with Crippen molar-refractivity contribution < 1.29 is 0 Å². The number of hydrogen-bond donors (Lipinski definition) is 2. The van der Waals surface area contributed by atoms with Gasteiger partial charge in [0.05, 0.1) is 11.1 Å². The van der Waals surface area contributed by atoms with Crippen molar-refractivity contribution in [2.45, 2.75) is 37.1 Å². The van der Waals surface area contributed by atoms with Crippen molar-refractivity contribution in [1.82, 2.24) is 24.8 Å². The second-order valence-corrected chi connectivity index (χ2v) is 9.74. The first-order valence-corrected chi connectivity index (χ1v) is 11.1. The van der Waals surface area contributed by atoms with Gasteiger partial charge >= 0.3 is 0 Å². The third-order valence-corrected chi connectivity index (χ3v) is 6.49. The third-order valence-electron chi connectivity index (χ3n) is 4.33. The number of thiophene rings is 1. The standard InChI is InChI=1S/C19H19ClN6OS2/c1-19(2,3)17-24-25-18(26(17)21)29-9-13-22-15(27)14-11(8-28-16(14)23-13)10-6-4-5-7-12(10)20/h4-8H,9,21H2,1-3H3,(H,22,23,27). The summed E-state index contributed by atoms with van der Waals surface area (Å²) < 4.78 is 1.49. The van der Waals surface area contributed by atoms with E-state index in [-0.39, 0.29) is 11.0 Å². The topological polar surface area (TPSA) is 102 Å². The number of rotatable bonds is 4. The minimum atomic E-state index is -0.210. The fraction of sp³-hybridized carbons (Fsp3) is 0.263. The van der Waals surface area contributed by atoms with E-state index in [9.17, 15) is 4.79 Å². The summed E-state index contributed by atoms with van der Waals surface area (Å²) in [5.41, 5.74) is 1.21. The summed E-state index contributed by atoms with van der Waals surface area (Å²) in [6, 6.07) is 7.46. The molecule has 3 N–H and O–H groups in total. The molecule has 0 aliphatic heterocycles. The highest BCUT2D eigenvalue weighted by atomic mass is 35.5. The first kappa shape index (κ1) is 19.9. The highest BCUT2D eigenvalue weighted by molar-refractivity contribution is 7.98. The Morgan fingerprint density at radius 2 is 2.00 bits per heavy atom. The molecule has 0 atom stereocenters. The molecule has 1 aromatic carbocycles. The summed E-state index contributed by atoms with van der Waals surface area (Å²) in [5.74, 6) is 7.79. The van der Waals surface area contributed by atoms with Gasteiger partial charge in [0.15, 0.2) is 5.82 Å². The minimum Gasteiger partial charge on any atom is -0.336 e. The summed E-state index contributed by atoms with van der Waals surface area (Å²) in [6.45, 7) is 6.07. The number of fused-ring (bicyclic) bond motifs is 1. The fourth-order valence-corrected chi connectivity index (χ4v) is 4.88. The van der Waals surface area contributed by atoms with Crippen LogP contribution in [0.2, 0.25) is 5.02 Å². The molecule has 0 spiro atoms. The smallest absolute Gasteiger partial charge is 0.260 e. The van der Waals surface area contributed by atoms with Crippen LogP contribution < -0.4 is 11.4 Å². The predicted molar refractivity (Wildman–Crippen MR) is 119 cm³/mol. The molecule has 0 unspecified atom stereocenters. The second-order valence-electron chi connectivity index (χ2n) is 7.54. The lowest BCUT2D eigenvalue weighted by Crippen LogP contribution is -2.24. The van der Waals surface area contributed by atoms with Crippen molar-refractivity contribution in [3.63, 3.8) is 0 Å². The SMILES string of the molecule is CC(C)(C)c1nnc(SCc2nc3scc(-c4ccccc4Cl)c3c(=O)[nH]2)n1N. The van der Waals surface area contributed by atoms with Gasteiger partial charge in [-0.1, -0.05) is 62.3 Å². The van der Waals surface area contributed by atoms with E-state index in [1.54, 1.807) is 0 Å². The summed E-state index contributed by atoms with van der Waals surface area (Å²) in [7, 11) is 0. The number of hydrogen-bond acceptors (Lipinski definition) is 7. The number of thioether (sulfide) groups is 1. The zero-order valence-electron chi connectivity index (χ0n) is 16.1. The van der Waals surface area contributed by atoms with E-state index < -0.39 is 0 Å². The molecule has 29 heavy (non-hydrogen) atoms. The number of aromatic amines is 1. The lowest BCUT2D eigenvalue weighted by molar-refractivity contribution is 0.523. The molecular weight excluding hydrogens is 428 g/mol. The van der Waals surface area contributed by atoms with Crippen molar-refractivity contribution in [2.24, 2.45) is 0 Å². The molecule has 10 heteroatoms. The van der Waals surface area contributed by atoms with E-state index in [1.165, 1.54) is 27.8 Å². The van der Waals surface area contributed by atoms with Crippen LogP contribution in [0.3, 0.4) is 0 Å². The van der Waals surface area contributed by atoms with Crippen LogP contribution in [0.4, 0.5) is 0 Å². The van der Waals surface area contributed by atoms with Gasteiger partial charge in [0.25, 0.3) is 5.56 Å². The van der Waals surface area contributed by atoms with E-state index in [1.807, 2.05) is 50.4 Å². The minimum absolute atomic E-state index is 0.189. The maximum Gasteiger partial charge on any atom is 0.260 e. The number of aromatic nitrogens is 5. The molecule has 3 heterocycles. The van der Waals surface area contributed by atoms with Crippen molar-refractivity contribution in [2.75, 3.05) is 5.84 Å². The fourth-order valence-electron chi connectivity index (χ4n) is 2.96. The van der Waals surface area contributed by atoms with Crippen molar-refractivity contribution in [3.8, 4) is 11.1 Å². The Kier molecular flexibility index (Phi) is 5.14. The number of nitrogen functional groups attached to an aromatic ring is 1. The van der Waals surface area contributed by atoms with Crippen LogP contribution >= 0.6 is 34.7 Å². The third kappa shape index (κ3) is 3.77. The van der Waals surface area contributed by atoms with Gasteiger partial charge in [-0.25, -0.2) is 9.66 Å². The van der Waals surface area contributed by atoms with Crippen LogP contribution in [0.15, 0.2) is 39.6 Å². The molecule has 7 nitrogen and oxygen atoms in total. The number of halogens is 1. The Balaban J connectivity index is 1.63. The number of nitrogens with zero attached hydrogens (tertiary/aromatic N) is 4. The lowest BCUT2D eigenvalue weighted by atomic mass is 9.96. The van der Waals surface area contributed by atoms with E-state index in [4.69, 9.17) is 17.4 Å². The average Bonchev–Trinajstić information content (AvgIpc) is 3.24. The van der Waals surface area contributed by atoms with E-state index >= 15 is 0 Å². The van der Waals surface area contributed by atoms with Crippen molar-refractivity contribution in [1.29, 1.82) is 0 Å². The summed E-state index contributed by atoms with van der Waals surface area (Å²) in [4.78, 5) is 20.9. The summed E-state index contributed by atoms with van der Waals surface area (Å²) in [5, 5.41) is 12.0. The second kappa shape index (κ2) is 7.47. The predicted octanol–water partition coefficient (Wildman–Crippen LogP) is 4.20.